The molecule has 4 aliphatic rings. The third kappa shape index (κ3) is 4.38. The molecule has 1 aromatic heterocycles. The number of fused-ring (bicyclic) bond motifs is 5. The molecule has 3 aromatic carbocycles. The molecule has 0 aliphatic carbocycles. The molecule has 4 atom stereocenters. The Labute approximate surface area is 255 Å². The molecular formula is C32H30ClF4N5O2. The first-order valence-electron chi connectivity index (χ1n) is 15.0. The lowest BCUT2D eigenvalue weighted by Gasteiger charge is -2.35. The van der Waals surface area contributed by atoms with Crippen LogP contribution in [0, 0.1) is 17.5 Å². The van der Waals surface area contributed by atoms with Gasteiger partial charge in [-0.25, -0.2) is 17.6 Å². The van der Waals surface area contributed by atoms with E-state index in [9.17, 15) is 9.50 Å². The van der Waals surface area contributed by atoms with Gasteiger partial charge in [0.05, 0.1) is 15.9 Å². The number of phenolic OH excluding ortho intramolecular Hbond substituents is 1. The van der Waals surface area contributed by atoms with Gasteiger partial charge in [0.1, 0.15) is 35.7 Å². The minimum atomic E-state index is -0.987. The van der Waals surface area contributed by atoms with Crippen molar-refractivity contribution < 1.29 is 27.4 Å². The summed E-state index contributed by atoms with van der Waals surface area (Å²) in [5.41, 5.74) is -1.39. The Morgan fingerprint density at radius 1 is 1.05 bits per heavy atom. The zero-order chi connectivity index (χ0) is 30.3. The Kier molecular flexibility index (Phi) is 6.59. The number of aromatic nitrogens is 2. The summed E-state index contributed by atoms with van der Waals surface area (Å²) < 4.78 is 69.0. The van der Waals surface area contributed by atoms with Gasteiger partial charge in [0.25, 0.3) is 0 Å². The molecular weight excluding hydrogens is 598 g/mol. The smallest absolute Gasteiger partial charge is 0.319 e. The average molecular weight is 628 g/mol. The van der Waals surface area contributed by atoms with Gasteiger partial charge in [-0.15, -0.1) is 0 Å². The van der Waals surface area contributed by atoms with Crippen LogP contribution < -0.4 is 15.0 Å². The molecule has 0 radical (unpaired) electrons. The quantitative estimate of drug-likeness (QED) is 0.204. The molecule has 1 unspecified atom stereocenters. The van der Waals surface area contributed by atoms with Crippen molar-refractivity contribution in [1.82, 2.24) is 20.2 Å². The largest absolute Gasteiger partial charge is 0.508 e. The van der Waals surface area contributed by atoms with Crippen LogP contribution in [0.1, 0.15) is 32.1 Å². The van der Waals surface area contributed by atoms with Crippen LogP contribution in [0.3, 0.4) is 0 Å². The zero-order valence-electron chi connectivity index (χ0n) is 23.7. The van der Waals surface area contributed by atoms with Crippen molar-refractivity contribution >= 4 is 39.1 Å². The summed E-state index contributed by atoms with van der Waals surface area (Å²) in [6.07, 6.45) is 2.95. The standard InChI is InChI=1S/C32H30ClF4N5O2/c33-26-24(21-10-20(43)9-16-3-1-4-22(35)23(16)21)28(37)29-25(27(26)36)30(41-13-18-5-6-19(14-41)38-18)40-31(39-29)44-15-32-7-2-8-42(32)12-17(34)11-32/h1,3-4,9-10,17-19,38,43H,2,5-8,11-15H2/t17-,18+,19?,32+/m1/s1. The maximum atomic E-state index is 16.8. The van der Waals surface area contributed by atoms with Gasteiger partial charge in [0.2, 0.25) is 0 Å². The first-order valence-corrected chi connectivity index (χ1v) is 15.4. The number of nitrogens with one attached hydrogen (secondary N) is 1. The maximum Gasteiger partial charge on any atom is 0.319 e. The molecule has 0 spiro atoms. The Balaban J connectivity index is 1.31. The average Bonchev–Trinajstić information content (AvgIpc) is 3.64. The fourth-order valence-electron chi connectivity index (χ4n) is 7.93. The number of alkyl halides is 1. The van der Waals surface area contributed by atoms with E-state index in [1.54, 1.807) is 6.07 Å². The summed E-state index contributed by atoms with van der Waals surface area (Å²) in [6.45, 7) is 2.26. The van der Waals surface area contributed by atoms with E-state index in [1.165, 1.54) is 18.2 Å². The Bertz CT molecular complexity index is 1820. The maximum absolute atomic E-state index is 16.8. The van der Waals surface area contributed by atoms with Crippen LogP contribution >= 0.6 is 11.6 Å². The Morgan fingerprint density at radius 2 is 1.84 bits per heavy atom. The van der Waals surface area contributed by atoms with Gasteiger partial charge in [-0.3, -0.25) is 4.90 Å². The highest BCUT2D eigenvalue weighted by Crippen LogP contribution is 2.46. The fourth-order valence-corrected chi connectivity index (χ4v) is 8.21. The molecule has 8 rings (SSSR count). The molecule has 44 heavy (non-hydrogen) atoms. The number of nitrogens with zero attached hydrogens (tertiary/aromatic N) is 4. The van der Waals surface area contributed by atoms with E-state index >= 15 is 13.2 Å². The molecule has 12 heteroatoms. The van der Waals surface area contributed by atoms with E-state index in [0.717, 1.165) is 38.3 Å². The first-order chi connectivity index (χ1) is 21.2. The van der Waals surface area contributed by atoms with Crippen LogP contribution in [0.5, 0.6) is 11.8 Å². The first kappa shape index (κ1) is 28.1. The van der Waals surface area contributed by atoms with Gasteiger partial charge in [0, 0.05) is 54.7 Å². The second-order valence-corrected chi connectivity index (χ2v) is 13.0. The van der Waals surface area contributed by atoms with Crippen LogP contribution in [0.4, 0.5) is 23.4 Å². The Morgan fingerprint density at radius 3 is 2.64 bits per heavy atom. The lowest BCUT2D eigenvalue weighted by atomic mass is 9.95. The van der Waals surface area contributed by atoms with Crippen molar-refractivity contribution in [3.8, 4) is 22.9 Å². The highest BCUT2D eigenvalue weighted by atomic mass is 35.5. The molecule has 4 saturated heterocycles. The summed E-state index contributed by atoms with van der Waals surface area (Å²) in [6, 6.07) is 6.91. The topological polar surface area (TPSA) is 73.8 Å². The lowest BCUT2D eigenvalue weighted by Crippen LogP contribution is -2.51. The highest BCUT2D eigenvalue weighted by Gasteiger charge is 2.49. The van der Waals surface area contributed by atoms with Crippen molar-refractivity contribution in [2.24, 2.45) is 0 Å². The molecule has 0 amide bonds. The van der Waals surface area contributed by atoms with Crippen molar-refractivity contribution in [3.63, 3.8) is 0 Å². The third-order valence-corrected chi connectivity index (χ3v) is 10.2. The SMILES string of the molecule is Oc1cc(-c2c(Cl)c(F)c3c(N4CC5CC[C@@H](C4)N5)nc(OC[C@@]45CCCN4C[C@H](F)C5)nc3c2F)c2c(F)cccc2c1. The van der Waals surface area contributed by atoms with E-state index in [2.05, 4.69) is 20.2 Å². The molecule has 5 heterocycles. The number of rotatable bonds is 5. The fraction of sp³-hybridized carbons (Fsp3) is 0.438. The normalized spacial score (nSPS) is 26.7. The predicted octanol–water partition coefficient (Wildman–Crippen LogP) is 6.12. The zero-order valence-corrected chi connectivity index (χ0v) is 24.5. The number of benzene rings is 3. The lowest BCUT2D eigenvalue weighted by molar-refractivity contribution is 0.107. The van der Waals surface area contributed by atoms with Gasteiger partial charge >= 0.3 is 6.01 Å². The summed E-state index contributed by atoms with van der Waals surface area (Å²) in [5, 5.41) is 13.5. The second kappa shape index (κ2) is 10.3. The minimum absolute atomic E-state index is 0.0169. The number of hydrogen-bond donors (Lipinski definition) is 2. The van der Waals surface area contributed by atoms with Crippen LogP contribution in [-0.4, -0.2) is 76.6 Å². The van der Waals surface area contributed by atoms with E-state index in [-0.39, 0.29) is 58.1 Å². The number of ether oxygens (including phenoxy) is 1. The highest BCUT2D eigenvalue weighted by molar-refractivity contribution is 6.35. The summed E-state index contributed by atoms with van der Waals surface area (Å²) in [5.74, 6) is -2.72. The van der Waals surface area contributed by atoms with E-state index in [4.69, 9.17) is 16.3 Å². The van der Waals surface area contributed by atoms with Crippen LogP contribution in [0.25, 0.3) is 32.8 Å². The van der Waals surface area contributed by atoms with E-state index in [0.29, 0.717) is 31.4 Å². The second-order valence-electron chi connectivity index (χ2n) is 12.6. The van der Waals surface area contributed by atoms with Gasteiger partial charge in [-0.2, -0.15) is 9.97 Å². The van der Waals surface area contributed by atoms with Crippen molar-refractivity contribution in [2.75, 3.05) is 37.7 Å². The Hall–Kier alpha value is -3.41. The number of anilines is 1. The minimum Gasteiger partial charge on any atom is -0.508 e. The van der Waals surface area contributed by atoms with E-state index < -0.39 is 39.7 Å². The summed E-state index contributed by atoms with van der Waals surface area (Å²) in [7, 11) is 0. The number of phenols is 1. The van der Waals surface area contributed by atoms with Gasteiger partial charge in [0.15, 0.2) is 11.6 Å². The number of halogens is 5. The van der Waals surface area contributed by atoms with Crippen molar-refractivity contribution in [3.05, 3.63) is 52.8 Å². The van der Waals surface area contributed by atoms with Crippen molar-refractivity contribution in [2.45, 2.75) is 55.9 Å². The molecule has 4 fully saturated rings. The number of hydrogen-bond acceptors (Lipinski definition) is 7. The van der Waals surface area contributed by atoms with Crippen LogP contribution in [0.15, 0.2) is 30.3 Å². The van der Waals surface area contributed by atoms with Gasteiger partial charge in [-0.05, 0) is 55.8 Å². The molecule has 230 valence electrons. The molecule has 0 saturated carbocycles. The van der Waals surface area contributed by atoms with E-state index in [1.807, 2.05) is 4.90 Å². The van der Waals surface area contributed by atoms with Crippen LogP contribution in [-0.2, 0) is 0 Å². The van der Waals surface area contributed by atoms with Crippen LogP contribution in [0.2, 0.25) is 5.02 Å². The molecule has 2 bridgehead atoms. The number of aromatic hydroxyl groups is 1. The molecule has 2 N–H and O–H groups in total. The molecule has 4 aliphatic heterocycles. The number of piperazine rings is 1. The predicted molar refractivity (Wildman–Crippen MR) is 160 cm³/mol. The molecule has 7 nitrogen and oxygen atoms in total. The summed E-state index contributed by atoms with van der Waals surface area (Å²) >= 11 is 6.58. The third-order valence-electron chi connectivity index (χ3n) is 9.86. The van der Waals surface area contributed by atoms with Gasteiger partial charge < -0.3 is 20.1 Å². The van der Waals surface area contributed by atoms with Gasteiger partial charge in [-0.1, -0.05) is 23.7 Å². The van der Waals surface area contributed by atoms with Crippen molar-refractivity contribution in [1.29, 1.82) is 0 Å². The summed E-state index contributed by atoms with van der Waals surface area (Å²) in [4.78, 5) is 13.0. The monoisotopic (exact) mass is 627 g/mol. The molecule has 4 aromatic rings.